The Morgan fingerprint density at radius 1 is 1.12 bits per heavy atom. The molecule has 1 heterocycles. The predicted molar refractivity (Wildman–Crippen MR) is 97.1 cm³/mol. The summed E-state index contributed by atoms with van der Waals surface area (Å²) >= 11 is 1.82. The normalized spacial score (nSPS) is 16.0. The molecule has 0 atom stereocenters. The van der Waals surface area contributed by atoms with E-state index in [2.05, 4.69) is 17.3 Å². The second-order valence-corrected chi connectivity index (χ2v) is 7.61. The van der Waals surface area contributed by atoms with Crippen LogP contribution in [0.3, 0.4) is 0 Å². The summed E-state index contributed by atoms with van der Waals surface area (Å²) in [7, 11) is 2.13. The molecule has 0 bridgehead atoms. The Labute approximate surface area is 150 Å². The molecule has 1 aliphatic rings. The van der Waals surface area contributed by atoms with Gasteiger partial charge in [0.25, 0.3) is 5.91 Å². The van der Waals surface area contributed by atoms with Crippen LogP contribution in [0.2, 0.25) is 0 Å². The molecular formula is C19H20F2N2OS. The Hall–Kier alpha value is -1.92. The van der Waals surface area contributed by atoms with E-state index in [0.29, 0.717) is 10.9 Å². The maximum atomic E-state index is 13.3. The van der Waals surface area contributed by atoms with Crippen molar-refractivity contribution < 1.29 is 13.6 Å². The van der Waals surface area contributed by atoms with Gasteiger partial charge in [-0.05, 0) is 69.4 Å². The fraction of sp³-hybridized carbons (Fsp3) is 0.316. The molecule has 0 aromatic heterocycles. The summed E-state index contributed by atoms with van der Waals surface area (Å²) in [6.45, 7) is 2.20. The highest BCUT2D eigenvalue weighted by Crippen LogP contribution is 2.31. The van der Waals surface area contributed by atoms with Crippen LogP contribution in [0.15, 0.2) is 47.4 Å². The van der Waals surface area contributed by atoms with Crippen molar-refractivity contribution in [1.82, 2.24) is 4.90 Å². The van der Waals surface area contributed by atoms with E-state index in [9.17, 15) is 13.6 Å². The van der Waals surface area contributed by atoms with Gasteiger partial charge in [0.2, 0.25) is 0 Å². The lowest BCUT2D eigenvalue weighted by atomic mass is 10.1. The number of carbonyl (C=O) groups is 1. The Bertz CT molecular complexity index is 761. The molecule has 1 fully saturated rings. The largest absolute Gasteiger partial charge is 0.322 e. The van der Waals surface area contributed by atoms with Crippen molar-refractivity contribution in [2.75, 3.05) is 25.5 Å². The fourth-order valence-corrected chi connectivity index (χ4v) is 3.97. The number of nitrogens with one attached hydrogen (secondary N) is 1. The minimum atomic E-state index is -1.03. The standard InChI is InChI=1S/C19H20F2N2OS/c1-23-9-7-15(8-10-23)25-16-4-2-3-14(12-16)22-19(24)13-5-6-17(20)18(21)11-13/h2-6,11-12,15H,7-10H2,1H3,(H,22,24). The molecule has 1 amide bonds. The summed E-state index contributed by atoms with van der Waals surface area (Å²) in [6, 6.07) is 10.7. The minimum absolute atomic E-state index is 0.0901. The fourth-order valence-electron chi connectivity index (χ4n) is 2.78. The zero-order valence-corrected chi connectivity index (χ0v) is 14.8. The van der Waals surface area contributed by atoms with Crippen molar-refractivity contribution in [1.29, 1.82) is 0 Å². The van der Waals surface area contributed by atoms with Crippen LogP contribution < -0.4 is 5.32 Å². The maximum Gasteiger partial charge on any atom is 0.255 e. The number of carbonyl (C=O) groups excluding carboxylic acids is 1. The summed E-state index contributed by atoms with van der Waals surface area (Å²) in [5.41, 5.74) is 0.736. The summed E-state index contributed by atoms with van der Waals surface area (Å²) in [5.74, 6) is -2.45. The number of nitrogens with zero attached hydrogens (tertiary/aromatic N) is 1. The van der Waals surface area contributed by atoms with E-state index in [1.807, 2.05) is 30.0 Å². The molecule has 3 rings (SSSR count). The van der Waals surface area contributed by atoms with Gasteiger partial charge in [0.15, 0.2) is 11.6 Å². The van der Waals surface area contributed by atoms with E-state index in [0.717, 1.165) is 43.0 Å². The average Bonchev–Trinajstić information content (AvgIpc) is 2.59. The van der Waals surface area contributed by atoms with Gasteiger partial charge in [-0.1, -0.05) is 6.07 Å². The average molecular weight is 362 g/mol. The zero-order valence-electron chi connectivity index (χ0n) is 14.0. The number of amides is 1. The van der Waals surface area contributed by atoms with Gasteiger partial charge < -0.3 is 10.2 Å². The first kappa shape index (κ1) is 17.9. The second kappa shape index (κ2) is 7.97. The van der Waals surface area contributed by atoms with Crippen LogP contribution in [0.1, 0.15) is 23.2 Å². The van der Waals surface area contributed by atoms with E-state index in [-0.39, 0.29) is 5.56 Å². The number of anilines is 1. The van der Waals surface area contributed by atoms with Crippen molar-refractivity contribution in [3.05, 3.63) is 59.7 Å². The molecule has 2 aromatic rings. The number of hydrogen-bond donors (Lipinski definition) is 1. The number of piperidine rings is 1. The molecule has 25 heavy (non-hydrogen) atoms. The van der Waals surface area contributed by atoms with Gasteiger partial charge >= 0.3 is 0 Å². The molecule has 0 unspecified atom stereocenters. The highest BCUT2D eigenvalue weighted by Gasteiger charge is 2.18. The molecule has 1 N–H and O–H groups in total. The number of benzene rings is 2. The van der Waals surface area contributed by atoms with Crippen LogP contribution >= 0.6 is 11.8 Å². The number of hydrogen-bond acceptors (Lipinski definition) is 3. The van der Waals surface area contributed by atoms with E-state index < -0.39 is 17.5 Å². The Kier molecular flexibility index (Phi) is 5.71. The van der Waals surface area contributed by atoms with Gasteiger partial charge in [-0.15, -0.1) is 11.8 Å². The number of halogens is 2. The quantitative estimate of drug-likeness (QED) is 0.875. The maximum absolute atomic E-state index is 13.3. The van der Waals surface area contributed by atoms with Crippen LogP contribution in [0.4, 0.5) is 14.5 Å². The van der Waals surface area contributed by atoms with Crippen molar-refractivity contribution in [2.45, 2.75) is 23.0 Å². The van der Waals surface area contributed by atoms with Gasteiger partial charge in [0.1, 0.15) is 0 Å². The third-order valence-corrected chi connectivity index (χ3v) is 5.57. The summed E-state index contributed by atoms with van der Waals surface area (Å²) in [4.78, 5) is 15.6. The van der Waals surface area contributed by atoms with Crippen LogP contribution in [0.25, 0.3) is 0 Å². The lowest BCUT2D eigenvalue weighted by molar-refractivity contribution is 0.102. The van der Waals surface area contributed by atoms with E-state index >= 15 is 0 Å². The first-order valence-corrected chi connectivity index (χ1v) is 9.11. The van der Waals surface area contributed by atoms with Crippen LogP contribution in [0.5, 0.6) is 0 Å². The third kappa shape index (κ3) is 4.80. The number of rotatable bonds is 4. The molecule has 1 saturated heterocycles. The lowest BCUT2D eigenvalue weighted by Gasteiger charge is -2.28. The molecule has 0 radical (unpaired) electrons. The van der Waals surface area contributed by atoms with Gasteiger partial charge in [-0.3, -0.25) is 4.79 Å². The summed E-state index contributed by atoms with van der Waals surface area (Å²) in [5, 5.41) is 3.32. The molecule has 0 spiro atoms. The topological polar surface area (TPSA) is 32.3 Å². The molecule has 1 aliphatic heterocycles. The third-order valence-electron chi connectivity index (χ3n) is 4.24. The Balaban J connectivity index is 1.64. The van der Waals surface area contributed by atoms with Crippen LogP contribution in [0, 0.1) is 11.6 Å². The molecule has 2 aromatic carbocycles. The summed E-state index contributed by atoms with van der Waals surface area (Å²) < 4.78 is 26.2. The molecule has 132 valence electrons. The van der Waals surface area contributed by atoms with Gasteiger partial charge in [0, 0.05) is 21.4 Å². The summed E-state index contributed by atoms with van der Waals surface area (Å²) in [6.07, 6.45) is 2.29. The van der Waals surface area contributed by atoms with Crippen LogP contribution in [-0.4, -0.2) is 36.2 Å². The highest BCUT2D eigenvalue weighted by molar-refractivity contribution is 8.00. The van der Waals surface area contributed by atoms with Crippen molar-refractivity contribution >= 4 is 23.4 Å². The smallest absolute Gasteiger partial charge is 0.255 e. The van der Waals surface area contributed by atoms with E-state index in [4.69, 9.17) is 0 Å². The first-order valence-electron chi connectivity index (χ1n) is 8.23. The molecule has 0 saturated carbocycles. The highest BCUT2D eigenvalue weighted by atomic mass is 32.2. The Morgan fingerprint density at radius 3 is 2.60 bits per heavy atom. The van der Waals surface area contributed by atoms with Gasteiger partial charge in [0.05, 0.1) is 0 Å². The Morgan fingerprint density at radius 2 is 1.88 bits per heavy atom. The predicted octanol–water partition coefficient (Wildman–Crippen LogP) is 4.40. The zero-order chi connectivity index (χ0) is 17.8. The molecule has 6 heteroatoms. The van der Waals surface area contributed by atoms with Gasteiger partial charge in [-0.25, -0.2) is 8.78 Å². The monoisotopic (exact) mass is 362 g/mol. The van der Waals surface area contributed by atoms with Crippen molar-refractivity contribution in [2.24, 2.45) is 0 Å². The van der Waals surface area contributed by atoms with E-state index in [1.54, 1.807) is 6.07 Å². The molecular weight excluding hydrogens is 342 g/mol. The molecule has 0 aliphatic carbocycles. The first-order chi connectivity index (χ1) is 12.0. The van der Waals surface area contributed by atoms with Gasteiger partial charge in [-0.2, -0.15) is 0 Å². The SMILES string of the molecule is CN1CCC(Sc2cccc(NC(=O)c3ccc(F)c(F)c3)c2)CC1. The van der Waals surface area contributed by atoms with E-state index in [1.165, 1.54) is 6.07 Å². The van der Waals surface area contributed by atoms with Crippen LogP contribution in [-0.2, 0) is 0 Å². The van der Waals surface area contributed by atoms with Crippen molar-refractivity contribution in [3.63, 3.8) is 0 Å². The molecule has 3 nitrogen and oxygen atoms in total. The number of thioether (sulfide) groups is 1. The second-order valence-electron chi connectivity index (χ2n) is 6.23. The lowest BCUT2D eigenvalue weighted by Crippen LogP contribution is -2.31. The van der Waals surface area contributed by atoms with Crippen molar-refractivity contribution in [3.8, 4) is 0 Å². The minimum Gasteiger partial charge on any atom is -0.322 e. The number of likely N-dealkylation sites (tertiary alicyclic amines) is 1.